The summed E-state index contributed by atoms with van der Waals surface area (Å²) in [6, 6.07) is 7.67. The number of hydrogen-bond donors (Lipinski definition) is 0. The first-order chi connectivity index (χ1) is 8.39. The third-order valence-electron chi connectivity index (χ3n) is 2.93. The molecular weight excluding hydrogens is 224 g/mol. The molecule has 2 aromatic rings. The fourth-order valence-electron chi connectivity index (χ4n) is 1.94. The van der Waals surface area contributed by atoms with E-state index in [4.69, 9.17) is 0 Å². The topological polar surface area (TPSA) is 34.9 Å². The molecule has 94 valence electrons. The fourth-order valence-corrected chi connectivity index (χ4v) is 1.94. The molecule has 3 heteroatoms. The average Bonchev–Trinajstić information content (AvgIpc) is 2.77. The van der Waals surface area contributed by atoms with E-state index in [1.807, 2.05) is 36.8 Å². The molecule has 0 unspecified atom stereocenters. The Labute approximate surface area is 107 Å². The Morgan fingerprint density at radius 1 is 1.28 bits per heavy atom. The summed E-state index contributed by atoms with van der Waals surface area (Å²) in [5.41, 5.74) is 2.76. The third kappa shape index (κ3) is 2.35. The van der Waals surface area contributed by atoms with Gasteiger partial charge in [0.2, 0.25) is 0 Å². The molecule has 0 fully saturated rings. The molecule has 1 heterocycles. The molecule has 0 aliphatic carbocycles. The molecule has 1 aromatic heterocycles. The minimum Gasteiger partial charge on any atom is -0.325 e. The van der Waals surface area contributed by atoms with Crippen LogP contribution in [-0.4, -0.2) is 15.3 Å². The number of rotatable bonds is 2. The summed E-state index contributed by atoms with van der Waals surface area (Å²) in [5.74, 6) is 0.0821. The first-order valence-corrected chi connectivity index (χ1v) is 6.04. The smallest absolute Gasteiger partial charge is 0.159 e. The molecule has 0 atom stereocenters. The first kappa shape index (κ1) is 12.6. The van der Waals surface area contributed by atoms with E-state index in [0.717, 1.165) is 16.8 Å². The van der Waals surface area contributed by atoms with Crippen LogP contribution in [-0.2, 0) is 5.54 Å². The molecule has 3 nitrogen and oxygen atoms in total. The van der Waals surface area contributed by atoms with Gasteiger partial charge in [-0.05, 0) is 33.8 Å². The highest BCUT2D eigenvalue weighted by atomic mass is 16.1. The van der Waals surface area contributed by atoms with Gasteiger partial charge in [0, 0.05) is 16.7 Å². The van der Waals surface area contributed by atoms with E-state index in [0.29, 0.717) is 0 Å². The minimum atomic E-state index is -0.0297. The van der Waals surface area contributed by atoms with Gasteiger partial charge in [0.15, 0.2) is 5.78 Å². The zero-order chi connectivity index (χ0) is 13.3. The van der Waals surface area contributed by atoms with Crippen LogP contribution in [0.2, 0.25) is 0 Å². The number of benzene rings is 1. The summed E-state index contributed by atoms with van der Waals surface area (Å²) >= 11 is 0. The lowest BCUT2D eigenvalue weighted by molar-refractivity contribution is 0.101. The Bertz CT molecular complexity index is 576. The van der Waals surface area contributed by atoms with Crippen molar-refractivity contribution in [2.75, 3.05) is 0 Å². The Morgan fingerprint density at radius 3 is 2.61 bits per heavy atom. The van der Waals surface area contributed by atoms with Gasteiger partial charge in [-0.2, -0.15) is 0 Å². The van der Waals surface area contributed by atoms with Crippen LogP contribution in [0.15, 0.2) is 36.8 Å². The quantitative estimate of drug-likeness (QED) is 0.755. The monoisotopic (exact) mass is 242 g/mol. The van der Waals surface area contributed by atoms with Gasteiger partial charge < -0.3 is 4.57 Å². The molecule has 0 amide bonds. The summed E-state index contributed by atoms with van der Waals surface area (Å²) < 4.78 is 2.12. The van der Waals surface area contributed by atoms with Gasteiger partial charge >= 0.3 is 0 Å². The Balaban J connectivity index is 2.53. The number of ketones is 1. The van der Waals surface area contributed by atoms with Crippen molar-refractivity contribution in [1.82, 2.24) is 9.55 Å². The van der Waals surface area contributed by atoms with Gasteiger partial charge in [-0.15, -0.1) is 0 Å². The molecule has 0 bridgehead atoms. The number of nitrogens with zero attached hydrogens (tertiary/aromatic N) is 2. The highest BCUT2D eigenvalue weighted by Gasteiger charge is 2.17. The number of aromatic nitrogens is 2. The predicted octanol–water partition coefficient (Wildman–Crippen LogP) is 3.51. The van der Waals surface area contributed by atoms with E-state index in [1.165, 1.54) is 0 Å². The molecule has 1 aromatic carbocycles. The van der Waals surface area contributed by atoms with Gasteiger partial charge in [0.1, 0.15) is 0 Å². The van der Waals surface area contributed by atoms with E-state index in [1.54, 1.807) is 6.92 Å². The van der Waals surface area contributed by atoms with Crippen molar-refractivity contribution in [3.63, 3.8) is 0 Å². The van der Waals surface area contributed by atoms with E-state index < -0.39 is 0 Å². The molecule has 0 aliphatic rings. The summed E-state index contributed by atoms with van der Waals surface area (Å²) in [5, 5.41) is 0. The zero-order valence-corrected chi connectivity index (χ0v) is 11.3. The second-order valence-corrected chi connectivity index (χ2v) is 5.46. The molecule has 0 saturated carbocycles. The number of carbonyl (C=O) groups is 1. The number of Topliss-reactive ketones (excluding diaryl/α,β-unsaturated/α-hetero) is 1. The summed E-state index contributed by atoms with van der Waals surface area (Å²) in [7, 11) is 0. The van der Waals surface area contributed by atoms with Crippen LogP contribution in [0.4, 0.5) is 0 Å². The Hall–Kier alpha value is -1.90. The van der Waals surface area contributed by atoms with Crippen molar-refractivity contribution in [3.8, 4) is 11.3 Å². The maximum absolute atomic E-state index is 11.4. The third-order valence-corrected chi connectivity index (χ3v) is 2.93. The van der Waals surface area contributed by atoms with Crippen LogP contribution >= 0.6 is 0 Å². The van der Waals surface area contributed by atoms with Crippen LogP contribution in [0.5, 0.6) is 0 Å². The standard InChI is InChI=1S/C15H18N2O/c1-11(18)12-6-5-7-13(8-12)14-9-16-10-17(14)15(2,3)4/h5-10H,1-4H3. The van der Waals surface area contributed by atoms with Gasteiger partial charge in [0.05, 0.1) is 18.2 Å². The van der Waals surface area contributed by atoms with Crippen molar-refractivity contribution in [3.05, 3.63) is 42.4 Å². The fraction of sp³-hybridized carbons (Fsp3) is 0.333. The van der Waals surface area contributed by atoms with Gasteiger partial charge in [-0.3, -0.25) is 4.79 Å². The SMILES string of the molecule is CC(=O)c1cccc(-c2cncn2C(C)(C)C)c1. The molecule has 0 N–H and O–H groups in total. The number of imidazole rings is 1. The maximum atomic E-state index is 11.4. The van der Waals surface area contributed by atoms with Crippen molar-refractivity contribution in [2.45, 2.75) is 33.2 Å². The lowest BCUT2D eigenvalue weighted by Gasteiger charge is -2.23. The molecular formula is C15H18N2O. The van der Waals surface area contributed by atoms with Gasteiger partial charge in [0.25, 0.3) is 0 Å². The lowest BCUT2D eigenvalue weighted by atomic mass is 10.0. The van der Waals surface area contributed by atoms with E-state index in [-0.39, 0.29) is 11.3 Å². The Kier molecular flexibility index (Phi) is 3.07. The van der Waals surface area contributed by atoms with Crippen LogP contribution in [0.1, 0.15) is 38.1 Å². The van der Waals surface area contributed by atoms with Crippen LogP contribution < -0.4 is 0 Å². The molecule has 18 heavy (non-hydrogen) atoms. The lowest BCUT2D eigenvalue weighted by Crippen LogP contribution is -2.21. The Morgan fingerprint density at radius 2 is 2.00 bits per heavy atom. The van der Waals surface area contributed by atoms with E-state index in [9.17, 15) is 4.79 Å². The van der Waals surface area contributed by atoms with Crippen molar-refractivity contribution >= 4 is 5.78 Å². The van der Waals surface area contributed by atoms with Crippen molar-refractivity contribution in [1.29, 1.82) is 0 Å². The molecule has 0 radical (unpaired) electrons. The normalized spacial score (nSPS) is 11.6. The number of carbonyl (C=O) groups excluding carboxylic acids is 1. The predicted molar refractivity (Wildman–Crippen MR) is 72.7 cm³/mol. The second-order valence-electron chi connectivity index (χ2n) is 5.46. The zero-order valence-electron chi connectivity index (χ0n) is 11.3. The molecule has 0 saturated heterocycles. The minimum absolute atomic E-state index is 0.0297. The number of hydrogen-bond acceptors (Lipinski definition) is 2. The van der Waals surface area contributed by atoms with Gasteiger partial charge in [-0.25, -0.2) is 4.98 Å². The average molecular weight is 242 g/mol. The first-order valence-electron chi connectivity index (χ1n) is 6.04. The highest BCUT2D eigenvalue weighted by molar-refractivity contribution is 5.95. The summed E-state index contributed by atoms with van der Waals surface area (Å²) in [6.45, 7) is 7.98. The van der Waals surface area contributed by atoms with Crippen LogP contribution in [0, 0.1) is 0 Å². The van der Waals surface area contributed by atoms with Crippen molar-refractivity contribution < 1.29 is 4.79 Å². The molecule has 0 spiro atoms. The van der Waals surface area contributed by atoms with Crippen molar-refractivity contribution in [2.24, 2.45) is 0 Å². The van der Waals surface area contributed by atoms with Gasteiger partial charge in [-0.1, -0.05) is 18.2 Å². The van der Waals surface area contributed by atoms with Crippen LogP contribution in [0.3, 0.4) is 0 Å². The molecule has 2 rings (SSSR count). The second kappa shape index (κ2) is 4.41. The highest BCUT2D eigenvalue weighted by Crippen LogP contribution is 2.26. The van der Waals surface area contributed by atoms with E-state index in [2.05, 4.69) is 30.3 Å². The maximum Gasteiger partial charge on any atom is 0.159 e. The van der Waals surface area contributed by atoms with Crippen LogP contribution in [0.25, 0.3) is 11.3 Å². The summed E-state index contributed by atoms with van der Waals surface area (Å²) in [4.78, 5) is 15.6. The largest absolute Gasteiger partial charge is 0.325 e. The summed E-state index contributed by atoms with van der Waals surface area (Å²) in [6.07, 6.45) is 3.67. The van der Waals surface area contributed by atoms with E-state index >= 15 is 0 Å². The molecule has 0 aliphatic heterocycles.